The normalized spacial score (nSPS) is 11.2. The Kier molecular flexibility index (Phi) is 4.55. The van der Waals surface area contributed by atoms with E-state index in [-0.39, 0.29) is 0 Å². The van der Waals surface area contributed by atoms with Crippen LogP contribution in [0, 0.1) is 0 Å². The molecule has 2 heterocycles. The molecule has 0 amide bonds. The van der Waals surface area contributed by atoms with Gasteiger partial charge in [-0.05, 0) is 18.6 Å². The summed E-state index contributed by atoms with van der Waals surface area (Å²) < 4.78 is 21.2. The van der Waals surface area contributed by atoms with Crippen LogP contribution >= 0.6 is 11.7 Å². The maximum absolute atomic E-state index is 7.07. The third-order valence-electron chi connectivity index (χ3n) is 2.53. The summed E-state index contributed by atoms with van der Waals surface area (Å²) in [7, 11) is 0. The Balaban J connectivity index is 1.83. The SMILES string of the molecule is [2H]CCCCCCOc1nsnc1-c1cccnc1. The number of hydrogen-bond donors (Lipinski definition) is 0. The predicted molar refractivity (Wildman–Crippen MR) is 72.8 cm³/mol. The van der Waals surface area contributed by atoms with Crippen LogP contribution in [-0.4, -0.2) is 20.3 Å². The fourth-order valence-corrected chi connectivity index (χ4v) is 2.10. The molecule has 0 atom stereocenters. The van der Waals surface area contributed by atoms with Gasteiger partial charge in [0.15, 0.2) is 0 Å². The lowest BCUT2D eigenvalue weighted by Crippen LogP contribution is -1.98. The van der Waals surface area contributed by atoms with Gasteiger partial charge >= 0.3 is 0 Å². The second-order valence-electron chi connectivity index (χ2n) is 3.92. The highest BCUT2D eigenvalue weighted by Crippen LogP contribution is 2.26. The van der Waals surface area contributed by atoms with Crippen molar-refractivity contribution >= 4 is 11.7 Å². The van der Waals surface area contributed by atoms with Crippen molar-refractivity contribution in [1.29, 1.82) is 0 Å². The van der Waals surface area contributed by atoms with Crippen molar-refractivity contribution in [3.05, 3.63) is 24.5 Å². The molecule has 0 spiro atoms. The molecule has 0 N–H and O–H groups in total. The number of pyridine rings is 1. The van der Waals surface area contributed by atoms with Crippen molar-refractivity contribution in [2.75, 3.05) is 6.61 Å². The lowest BCUT2D eigenvalue weighted by atomic mass is 10.2. The van der Waals surface area contributed by atoms with Crippen molar-refractivity contribution in [3.63, 3.8) is 0 Å². The molecule has 5 heteroatoms. The molecule has 0 saturated heterocycles. The van der Waals surface area contributed by atoms with Gasteiger partial charge < -0.3 is 4.74 Å². The van der Waals surface area contributed by atoms with E-state index < -0.39 is 0 Å². The van der Waals surface area contributed by atoms with E-state index >= 15 is 0 Å². The zero-order valence-electron chi connectivity index (χ0n) is 11.2. The Hall–Kier alpha value is -1.49. The van der Waals surface area contributed by atoms with Gasteiger partial charge in [-0.3, -0.25) is 4.98 Å². The number of unbranched alkanes of at least 4 members (excludes halogenated alkanes) is 3. The lowest BCUT2D eigenvalue weighted by Gasteiger charge is -2.04. The molecule has 0 aliphatic rings. The average Bonchev–Trinajstić information content (AvgIpc) is 2.92. The molecule has 0 radical (unpaired) electrons. The molecule has 2 aromatic heterocycles. The summed E-state index contributed by atoms with van der Waals surface area (Å²) in [6.45, 7) is 1.17. The number of nitrogens with zero attached hydrogens (tertiary/aromatic N) is 3. The predicted octanol–water partition coefficient (Wildman–Crippen LogP) is 3.56. The molecule has 2 aromatic rings. The monoisotopic (exact) mass is 264 g/mol. The molecule has 0 fully saturated rings. The van der Waals surface area contributed by atoms with E-state index in [1.54, 1.807) is 12.4 Å². The third-order valence-corrected chi connectivity index (χ3v) is 3.04. The highest BCUT2D eigenvalue weighted by atomic mass is 32.1. The van der Waals surface area contributed by atoms with Crippen LogP contribution in [0.25, 0.3) is 11.3 Å². The van der Waals surface area contributed by atoms with Crippen molar-refractivity contribution < 1.29 is 6.11 Å². The maximum atomic E-state index is 7.07. The van der Waals surface area contributed by atoms with E-state index in [4.69, 9.17) is 6.11 Å². The minimum Gasteiger partial charge on any atom is -0.475 e. The molecule has 96 valence electrons. The molecule has 0 aromatic carbocycles. The lowest BCUT2D eigenvalue weighted by molar-refractivity contribution is 0.297. The van der Waals surface area contributed by atoms with Gasteiger partial charge in [-0.2, -0.15) is 4.37 Å². The molecule has 0 unspecified atom stereocenters. The first-order valence-corrected chi connectivity index (χ1v) is 6.80. The van der Waals surface area contributed by atoms with E-state index in [0.717, 1.165) is 48.7 Å². The first kappa shape index (κ1) is 11.6. The van der Waals surface area contributed by atoms with Crippen LogP contribution < -0.4 is 4.74 Å². The molecule has 2 rings (SSSR count). The Morgan fingerprint density at radius 3 is 3.17 bits per heavy atom. The minimum absolute atomic E-state index is 0.516. The van der Waals surface area contributed by atoms with Gasteiger partial charge in [0.2, 0.25) is 0 Å². The van der Waals surface area contributed by atoms with E-state index in [0.29, 0.717) is 19.4 Å². The van der Waals surface area contributed by atoms with E-state index in [9.17, 15) is 0 Å². The third kappa shape index (κ3) is 3.50. The molecule has 18 heavy (non-hydrogen) atoms. The molecule has 4 nitrogen and oxygen atoms in total. The van der Waals surface area contributed by atoms with Crippen LogP contribution in [-0.2, 0) is 0 Å². The highest BCUT2D eigenvalue weighted by molar-refractivity contribution is 6.99. The molecule has 0 aliphatic heterocycles. The number of hydrogen-bond acceptors (Lipinski definition) is 5. The number of ether oxygens (including phenoxy) is 1. The van der Waals surface area contributed by atoms with Gasteiger partial charge in [-0.25, -0.2) is 0 Å². The molecule has 0 aliphatic carbocycles. The molecule has 0 bridgehead atoms. The molecular formula is C13H17N3OS. The average molecular weight is 264 g/mol. The Labute approximate surface area is 113 Å². The van der Waals surface area contributed by atoms with Crippen molar-refractivity contribution in [2.45, 2.75) is 32.6 Å². The van der Waals surface area contributed by atoms with Crippen LogP contribution in [0.5, 0.6) is 5.88 Å². The number of rotatable bonds is 7. The zero-order valence-corrected chi connectivity index (χ0v) is 11.0. The first-order valence-electron chi connectivity index (χ1n) is 6.77. The first-order chi connectivity index (χ1) is 9.42. The minimum atomic E-state index is 0.516. The van der Waals surface area contributed by atoms with Crippen molar-refractivity contribution in [1.82, 2.24) is 13.7 Å². The standard InChI is InChI=1S/C13H17N3OS/c1-2-3-4-5-9-17-13-12(15-18-16-13)11-7-6-8-14-10-11/h6-8,10H,2-5,9H2,1H3/i1D. The Morgan fingerprint density at radius 2 is 2.33 bits per heavy atom. The Bertz CT molecular complexity index is 478. The quantitative estimate of drug-likeness (QED) is 0.717. The number of aromatic nitrogens is 3. The largest absolute Gasteiger partial charge is 0.475 e. The fraction of sp³-hybridized carbons (Fsp3) is 0.462. The highest BCUT2D eigenvalue weighted by Gasteiger charge is 2.11. The van der Waals surface area contributed by atoms with Crippen molar-refractivity contribution in [2.24, 2.45) is 0 Å². The van der Waals surface area contributed by atoms with Crippen LogP contribution in [0.1, 0.15) is 34.0 Å². The van der Waals surface area contributed by atoms with Crippen LogP contribution in [0.2, 0.25) is 0 Å². The van der Waals surface area contributed by atoms with Gasteiger partial charge in [0, 0.05) is 19.3 Å². The van der Waals surface area contributed by atoms with Gasteiger partial charge in [0.1, 0.15) is 5.69 Å². The summed E-state index contributed by atoms with van der Waals surface area (Å²) in [5.41, 5.74) is 1.70. The van der Waals surface area contributed by atoms with Gasteiger partial charge in [-0.1, -0.05) is 26.2 Å². The van der Waals surface area contributed by atoms with Gasteiger partial charge in [0.25, 0.3) is 5.88 Å². The molecule has 0 saturated carbocycles. The Morgan fingerprint density at radius 1 is 1.33 bits per heavy atom. The van der Waals surface area contributed by atoms with Crippen molar-refractivity contribution in [3.8, 4) is 17.1 Å². The summed E-state index contributed by atoms with van der Waals surface area (Å²) in [4.78, 5) is 4.08. The summed E-state index contributed by atoms with van der Waals surface area (Å²) in [6, 6.07) is 3.82. The van der Waals surface area contributed by atoms with Crippen LogP contribution in [0.3, 0.4) is 0 Å². The zero-order chi connectivity index (χ0) is 13.3. The van der Waals surface area contributed by atoms with E-state index in [2.05, 4.69) is 13.7 Å². The topological polar surface area (TPSA) is 47.9 Å². The van der Waals surface area contributed by atoms with Gasteiger partial charge in [0.05, 0.1) is 18.3 Å². The summed E-state index contributed by atoms with van der Waals surface area (Å²) in [6.07, 6.45) is 7.65. The van der Waals surface area contributed by atoms with Crippen LogP contribution in [0.4, 0.5) is 0 Å². The van der Waals surface area contributed by atoms with E-state index in [1.807, 2.05) is 12.1 Å². The summed E-state index contributed by atoms with van der Waals surface area (Å²) in [5, 5.41) is 0. The summed E-state index contributed by atoms with van der Waals surface area (Å²) >= 11 is 1.16. The van der Waals surface area contributed by atoms with Crippen LogP contribution in [0.15, 0.2) is 24.5 Å². The second kappa shape index (κ2) is 7.06. The molecular weight excluding hydrogens is 246 g/mol. The second-order valence-corrected chi connectivity index (χ2v) is 4.45. The maximum Gasteiger partial charge on any atom is 0.254 e. The smallest absolute Gasteiger partial charge is 0.254 e. The fourth-order valence-electron chi connectivity index (χ4n) is 1.58. The van der Waals surface area contributed by atoms with E-state index in [1.165, 1.54) is 0 Å². The van der Waals surface area contributed by atoms with Gasteiger partial charge in [-0.15, -0.1) is 4.37 Å². The summed E-state index contributed by atoms with van der Waals surface area (Å²) in [5.74, 6) is 0.596.